The van der Waals surface area contributed by atoms with Gasteiger partial charge < -0.3 is 34.6 Å². The molecule has 2 heterocycles. The van der Waals surface area contributed by atoms with Crippen LogP contribution >= 0.6 is 0 Å². The topological polar surface area (TPSA) is 129 Å². The van der Waals surface area contributed by atoms with Gasteiger partial charge in [0.1, 0.15) is 0 Å². The lowest BCUT2D eigenvalue weighted by Crippen LogP contribution is -2.38. The highest BCUT2D eigenvalue weighted by atomic mass is 19.3. The smallest absolute Gasteiger partial charge is 0.407 e. The van der Waals surface area contributed by atoms with Gasteiger partial charge in [-0.3, -0.25) is 4.79 Å². The average Bonchev–Trinajstić information content (AvgIpc) is 3.35. The fourth-order valence-electron chi connectivity index (χ4n) is 3.79. The number of nitrogens with zero attached hydrogens (tertiary/aromatic N) is 2. The van der Waals surface area contributed by atoms with E-state index in [2.05, 4.69) is 19.8 Å². The van der Waals surface area contributed by atoms with E-state index in [9.17, 15) is 18.4 Å². The molecule has 0 radical (unpaired) electrons. The van der Waals surface area contributed by atoms with Crippen molar-refractivity contribution in [3.8, 4) is 23.0 Å². The van der Waals surface area contributed by atoms with Crippen molar-refractivity contribution in [3.63, 3.8) is 0 Å². The molecular weight excluding hydrogens is 466 g/mol. The molecule has 1 saturated heterocycles. The number of halogens is 2. The van der Waals surface area contributed by atoms with Crippen molar-refractivity contribution in [1.82, 2.24) is 15.2 Å². The lowest BCUT2D eigenvalue weighted by atomic mass is 10.2. The van der Waals surface area contributed by atoms with E-state index < -0.39 is 18.7 Å². The number of ether oxygens (including phenoxy) is 3. The molecule has 1 saturated carbocycles. The maximum absolute atomic E-state index is 13.2. The van der Waals surface area contributed by atoms with Gasteiger partial charge in [-0.25, -0.2) is 9.78 Å². The minimum atomic E-state index is -3.00. The van der Waals surface area contributed by atoms with Gasteiger partial charge >= 0.3 is 12.7 Å². The number of likely N-dealkylation sites (tertiary alicyclic amines) is 1. The molecule has 3 N–H and O–H groups in total. The van der Waals surface area contributed by atoms with E-state index in [1.165, 1.54) is 25.3 Å². The molecule has 0 bridgehead atoms. The van der Waals surface area contributed by atoms with E-state index in [0.717, 1.165) is 12.8 Å². The maximum Gasteiger partial charge on any atom is 0.407 e. The molecule has 2 atom stereocenters. The summed E-state index contributed by atoms with van der Waals surface area (Å²) < 4.78 is 46.4. The van der Waals surface area contributed by atoms with Crippen LogP contribution in [0.3, 0.4) is 0 Å². The van der Waals surface area contributed by atoms with E-state index in [4.69, 9.17) is 14.9 Å². The Labute approximate surface area is 200 Å². The van der Waals surface area contributed by atoms with Crippen molar-refractivity contribution in [2.24, 2.45) is 11.7 Å². The first-order chi connectivity index (χ1) is 16.7. The minimum Gasteiger partial charge on any atom is -0.489 e. The number of carbonyl (C=O) groups is 2. The summed E-state index contributed by atoms with van der Waals surface area (Å²) in [5.41, 5.74) is 6.52. The van der Waals surface area contributed by atoms with Crippen molar-refractivity contribution in [2.45, 2.75) is 44.9 Å². The van der Waals surface area contributed by atoms with Crippen LogP contribution in [0.25, 0.3) is 11.5 Å². The van der Waals surface area contributed by atoms with Crippen LogP contribution in [0.2, 0.25) is 0 Å². The first kappa shape index (κ1) is 24.7. The van der Waals surface area contributed by atoms with Gasteiger partial charge in [0.15, 0.2) is 23.0 Å². The van der Waals surface area contributed by atoms with Crippen molar-refractivity contribution in [2.75, 3.05) is 26.8 Å². The van der Waals surface area contributed by atoms with Crippen LogP contribution in [0.4, 0.5) is 13.6 Å². The monoisotopic (exact) mass is 494 g/mol. The molecule has 2 amide bonds. The average molecular weight is 494 g/mol. The molecule has 190 valence electrons. The third kappa shape index (κ3) is 5.99. The minimum absolute atomic E-state index is 0.0575. The highest BCUT2D eigenvalue weighted by Crippen LogP contribution is 2.37. The Balaban J connectivity index is 1.57. The number of hydrogen-bond donors (Lipinski definition) is 2. The summed E-state index contributed by atoms with van der Waals surface area (Å²) in [7, 11) is 1.27. The summed E-state index contributed by atoms with van der Waals surface area (Å²) in [6.45, 7) is -0.256. The van der Waals surface area contributed by atoms with Gasteiger partial charge in [0.2, 0.25) is 5.89 Å². The van der Waals surface area contributed by atoms with E-state index in [1.54, 1.807) is 11.8 Å². The number of methoxy groups -OCH3 is 1. The Hall–Kier alpha value is -3.41. The molecule has 0 unspecified atom stereocenters. The standard InChI is InChI=1S/C23H28F2N4O6/c1-12(26)19-18(21(30)29-8-7-15(10-29)27-23(31)32-2)28-20(35-19)14-5-6-16(34-22(24)25)17(9-14)33-11-13-3-4-13/h5-6,9,12-13,15,22H,3-4,7-8,10-11,26H2,1-2H3,(H,27,31)/t12-,15-/m0/s1. The summed E-state index contributed by atoms with van der Waals surface area (Å²) in [6.07, 6.45) is 2.05. The molecule has 35 heavy (non-hydrogen) atoms. The van der Waals surface area contributed by atoms with Crippen LogP contribution in [0, 0.1) is 5.92 Å². The van der Waals surface area contributed by atoms with Gasteiger partial charge in [0, 0.05) is 18.7 Å². The normalized spacial score (nSPS) is 18.5. The molecule has 1 aliphatic heterocycles. The molecular formula is C23H28F2N4O6. The van der Waals surface area contributed by atoms with Crippen LogP contribution in [-0.2, 0) is 4.74 Å². The number of aromatic nitrogens is 1. The van der Waals surface area contributed by atoms with Gasteiger partial charge in [0.05, 0.1) is 25.8 Å². The van der Waals surface area contributed by atoms with Crippen LogP contribution in [0.5, 0.6) is 11.5 Å². The number of alkyl carbamates (subject to hydrolysis) is 1. The van der Waals surface area contributed by atoms with Crippen molar-refractivity contribution in [3.05, 3.63) is 29.7 Å². The number of rotatable bonds is 9. The molecule has 2 fully saturated rings. The van der Waals surface area contributed by atoms with Crippen LogP contribution in [-0.4, -0.2) is 61.3 Å². The number of benzene rings is 1. The van der Waals surface area contributed by atoms with E-state index in [0.29, 0.717) is 31.1 Å². The van der Waals surface area contributed by atoms with E-state index in [1.807, 2.05) is 0 Å². The number of nitrogens with two attached hydrogens (primary N) is 1. The summed E-state index contributed by atoms with van der Waals surface area (Å²) in [5, 5.41) is 2.68. The molecule has 2 aliphatic rings. The Morgan fingerprint density at radius 3 is 2.71 bits per heavy atom. The van der Waals surface area contributed by atoms with Crippen LogP contribution in [0.1, 0.15) is 48.5 Å². The maximum atomic E-state index is 13.2. The Bertz CT molecular complexity index is 1070. The number of hydrogen-bond acceptors (Lipinski definition) is 8. The largest absolute Gasteiger partial charge is 0.489 e. The van der Waals surface area contributed by atoms with Crippen LogP contribution < -0.4 is 20.5 Å². The fraction of sp³-hybridized carbons (Fsp3) is 0.522. The predicted octanol–water partition coefficient (Wildman–Crippen LogP) is 3.32. The summed E-state index contributed by atoms with van der Waals surface area (Å²) >= 11 is 0. The van der Waals surface area contributed by atoms with Gasteiger partial charge in [-0.15, -0.1) is 0 Å². The fourth-order valence-corrected chi connectivity index (χ4v) is 3.79. The second-order valence-corrected chi connectivity index (χ2v) is 8.69. The van der Waals surface area contributed by atoms with Crippen LogP contribution in [0.15, 0.2) is 22.6 Å². The van der Waals surface area contributed by atoms with Gasteiger partial charge in [-0.05, 0) is 50.3 Å². The molecule has 4 rings (SSSR count). The third-order valence-electron chi connectivity index (χ3n) is 5.83. The second kappa shape index (κ2) is 10.5. The molecule has 12 heteroatoms. The highest BCUT2D eigenvalue weighted by molar-refractivity contribution is 5.94. The van der Waals surface area contributed by atoms with Crippen molar-refractivity contribution in [1.29, 1.82) is 0 Å². The summed E-state index contributed by atoms with van der Waals surface area (Å²) in [4.78, 5) is 30.6. The van der Waals surface area contributed by atoms with E-state index in [-0.39, 0.29) is 47.3 Å². The number of amides is 2. The van der Waals surface area contributed by atoms with Gasteiger partial charge in [-0.2, -0.15) is 8.78 Å². The highest BCUT2D eigenvalue weighted by Gasteiger charge is 2.33. The van der Waals surface area contributed by atoms with E-state index >= 15 is 0 Å². The zero-order chi connectivity index (χ0) is 25.1. The lowest BCUT2D eigenvalue weighted by Gasteiger charge is -2.16. The summed E-state index contributed by atoms with van der Waals surface area (Å²) in [5.74, 6) is 0.350. The Kier molecular flexibility index (Phi) is 7.39. The Morgan fingerprint density at radius 2 is 2.06 bits per heavy atom. The van der Waals surface area contributed by atoms with Crippen molar-refractivity contribution < 1.29 is 37.0 Å². The zero-order valence-corrected chi connectivity index (χ0v) is 19.5. The quantitative estimate of drug-likeness (QED) is 0.543. The molecule has 1 aromatic heterocycles. The van der Waals surface area contributed by atoms with Crippen molar-refractivity contribution >= 4 is 12.0 Å². The number of alkyl halides is 2. The second-order valence-electron chi connectivity index (χ2n) is 8.69. The molecule has 2 aromatic rings. The molecule has 1 aromatic carbocycles. The zero-order valence-electron chi connectivity index (χ0n) is 19.5. The predicted molar refractivity (Wildman–Crippen MR) is 119 cm³/mol. The SMILES string of the molecule is COC(=O)N[C@H]1CCN(C(=O)c2nc(-c3ccc(OC(F)F)c(OCC4CC4)c3)oc2[C@H](C)N)C1. The Morgan fingerprint density at radius 1 is 1.29 bits per heavy atom. The third-order valence-corrected chi connectivity index (χ3v) is 5.83. The first-order valence-electron chi connectivity index (χ1n) is 11.4. The molecule has 1 aliphatic carbocycles. The molecule has 0 spiro atoms. The number of oxazole rings is 1. The number of nitrogens with one attached hydrogen (secondary N) is 1. The first-order valence-corrected chi connectivity index (χ1v) is 11.4. The summed E-state index contributed by atoms with van der Waals surface area (Å²) in [6, 6.07) is 3.47. The van der Waals surface area contributed by atoms with Gasteiger partial charge in [-0.1, -0.05) is 0 Å². The lowest BCUT2D eigenvalue weighted by molar-refractivity contribution is -0.0515. The van der Waals surface area contributed by atoms with Gasteiger partial charge in [0.25, 0.3) is 5.91 Å². The number of carbonyl (C=O) groups excluding carboxylic acids is 2. The molecule has 10 nitrogen and oxygen atoms in total.